The van der Waals surface area contributed by atoms with Crippen LogP contribution in [0.5, 0.6) is 11.5 Å². The zero-order valence-electron chi connectivity index (χ0n) is 14.7. The normalized spacial score (nSPS) is 20.1. The number of hydrogen-bond donors (Lipinski definition) is 1. The molecule has 3 rings (SSSR count). The highest BCUT2D eigenvalue weighted by atomic mass is 32.1. The lowest BCUT2D eigenvalue weighted by atomic mass is 9.94. The number of methoxy groups -OCH3 is 1. The summed E-state index contributed by atoms with van der Waals surface area (Å²) in [5.41, 5.74) is 1.38. The Morgan fingerprint density at radius 1 is 1.28 bits per heavy atom. The number of carbonyl (C=O) groups excluding carboxylic acids is 1. The zero-order chi connectivity index (χ0) is 17.8. The molecule has 0 spiro atoms. The summed E-state index contributed by atoms with van der Waals surface area (Å²) in [6.45, 7) is 2.50. The second-order valence-electron chi connectivity index (χ2n) is 6.30. The van der Waals surface area contributed by atoms with Crippen molar-refractivity contribution < 1.29 is 14.3 Å². The highest BCUT2D eigenvalue weighted by molar-refractivity contribution is 7.80. The standard InChI is InChI=1S/C19H24N2O3S/c1-3-24-16-10-9-13(12-17(16)23-2)11-15-18(22)21(19(25)20-15)14-7-5-4-6-8-14/h9-12,14H,3-8H2,1-2H3,(H,20,25). The average Bonchev–Trinajstić information content (AvgIpc) is 2.90. The van der Waals surface area contributed by atoms with Gasteiger partial charge in [-0.3, -0.25) is 9.69 Å². The number of hydrogen-bond acceptors (Lipinski definition) is 4. The van der Waals surface area contributed by atoms with Gasteiger partial charge in [0.2, 0.25) is 0 Å². The van der Waals surface area contributed by atoms with Crippen LogP contribution in [-0.2, 0) is 4.79 Å². The van der Waals surface area contributed by atoms with Gasteiger partial charge in [0.15, 0.2) is 16.6 Å². The third-order valence-electron chi connectivity index (χ3n) is 4.65. The van der Waals surface area contributed by atoms with E-state index in [9.17, 15) is 4.79 Å². The summed E-state index contributed by atoms with van der Waals surface area (Å²) in [6, 6.07) is 5.84. The highest BCUT2D eigenvalue weighted by Gasteiger charge is 2.36. The molecule has 1 aromatic rings. The van der Waals surface area contributed by atoms with E-state index < -0.39 is 0 Å². The second kappa shape index (κ2) is 7.87. The van der Waals surface area contributed by atoms with Gasteiger partial charge in [-0.15, -0.1) is 0 Å². The lowest BCUT2D eigenvalue weighted by Gasteiger charge is -2.29. The molecule has 2 aliphatic rings. The fraction of sp³-hybridized carbons (Fsp3) is 0.474. The smallest absolute Gasteiger partial charge is 0.276 e. The first kappa shape index (κ1) is 17.7. The molecule has 0 atom stereocenters. The number of ether oxygens (including phenoxy) is 2. The van der Waals surface area contributed by atoms with Crippen LogP contribution in [0.3, 0.4) is 0 Å². The van der Waals surface area contributed by atoms with Crippen molar-refractivity contribution in [2.75, 3.05) is 13.7 Å². The van der Waals surface area contributed by atoms with Crippen LogP contribution in [0.25, 0.3) is 6.08 Å². The number of thiocarbonyl (C=S) groups is 1. The maximum Gasteiger partial charge on any atom is 0.276 e. The van der Waals surface area contributed by atoms with Crippen molar-refractivity contribution in [3.8, 4) is 11.5 Å². The number of rotatable bonds is 5. The van der Waals surface area contributed by atoms with Crippen LogP contribution < -0.4 is 14.8 Å². The molecule has 0 unspecified atom stereocenters. The second-order valence-corrected chi connectivity index (χ2v) is 6.69. The Balaban J connectivity index is 1.81. The van der Waals surface area contributed by atoms with Gasteiger partial charge in [0.05, 0.1) is 13.7 Å². The Labute approximate surface area is 154 Å². The van der Waals surface area contributed by atoms with Crippen LogP contribution in [-0.4, -0.2) is 35.7 Å². The summed E-state index contributed by atoms with van der Waals surface area (Å²) in [4.78, 5) is 14.6. The van der Waals surface area contributed by atoms with Gasteiger partial charge in [-0.1, -0.05) is 25.3 Å². The predicted molar refractivity (Wildman–Crippen MR) is 102 cm³/mol. The molecule has 2 fully saturated rings. The Bertz CT molecular complexity index is 696. The van der Waals surface area contributed by atoms with Crippen LogP contribution in [0.4, 0.5) is 0 Å². The van der Waals surface area contributed by atoms with E-state index in [-0.39, 0.29) is 11.9 Å². The fourth-order valence-electron chi connectivity index (χ4n) is 3.43. The van der Waals surface area contributed by atoms with Crippen molar-refractivity contribution >= 4 is 29.3 Å². The number of carbonyl (C=O) groups is 1. The molecule has 25 heavy (non-hydrogen) atoms. The molecule has 0 aromatic heterocycles. The minimum atomic E-state index is -0.0373. The van der Waals surface area contributed by atoms with Crippen molar-refractivity contribution in [3.05, 3.63) is 29.5 Å². The summed E-state index contributed by atoms with van der Waals surface area (Å²) >= 11 is 5.40. The van der Waals surface area contributed by atoms with Gasteiger partial charge < -0.3 is 14.8 Å². The molecule has 1 saturated heterocycles. The predicted octanol–water partition coefficient (Wildman–Crippen LogP) is 3.48. The van der Waals surface area contributed by atoms with Gasteiger partial charge in [-0.05, 0) is 55.8 Å². The molecule has 0 radical (unpaired) electrons. The molecule has 1 aliphatic heterocycles. The summed E-state index contributed by atoms with van der Waals surface area (Å²) in [5, 5.41) is 3.59. The first-order valence-electron chi connectivity index (χ1n) is 8.81. The molecule has 134 valence electrons. The molecule has 0 bridgehead atoms. The molecule has 1 aliphatic carbocycles. The van der Waals surface area contributed by atoms with Crippen molar-refractivity contribution in [3.63, 3.8) is 0 Å². The van der Waals surface area contributed by atoms with Crippen LogP contribution in [0.15, 0.2) is 23.9 Å². The monoisotopic (exact) mass is 360 g/mol. The first-order valence-corrected chi connectivity index (χ1v) is 9.22. The molecule has 1 saturated carbocycles. The highest BCUT2D eigenvalue weighted by Crippen LogP contribution is 2.30. The molecule has 1 heterocycles. The summed E-state index contributed by atoms with van der Waals surface area (Å²) in [6.07, 6.45) is 7.43. The third-order valence-corrected chi connectivity index (χ3v) is 4.95. The SMILES string of the molecule is CCOc1ccc(C=C2NC(=S)N(C3CCCCC3)C2=O)cc1OC. The fourth-order valence-corrected chi connectivity index (χ4v) is 3.78. The number of nitrogens with zero attached hydrogens (tertiary/aromatic N) is 1. The van der Waals surface area contributed by atoms with E-state index in [1.165, 1.54) is 6.42 Å². The lowest BCUT2D eigenvalue weighted by Crippen LogP contribution is -2.41. The maximum absolute atomic E-state index is 12.8. The van der Waals surface area contributed by atoms with E-state index in [0.717, 1.165) is 31.2 Å². The Hall–Kier alpha value is -2.08. The zero-order valence-corrected chi connectivity index (χ0v) is 15.5. The molecular formula is C19H24N2O3S. The number of amides is 1. The topological polar surface area (TPSA) is 50.8 Å². The van der Waals surface area contributed by atoms with Gasteiger partial charge in [0.25, 0.3) is 5.91 Å². The minimum absolute atomic E-state index is 0.0373. The van der Waals surface area contributed by atoms with Crippen molar-refractivity contribution in [2.24, 2.45) is 0 Å². The van der Waals surface area contributed by atoms with Crippen molar-refractivity contribution in [2.45, 2.75) is 45.1 Å². The quantitative estimate of drug-likeness (QED) is 0.643. The van der Waals surface area contributed by atoms with Gasteiger partial charge in [0.1, 0.15) is 5.70 Å². The van der Waals surface area contributed by atoms with E-state index >= 15 is 0 Å². The molecular weight excluding hydrogens is 336 g/mol. The summed E-state index contributed by atoms with van der Waals surface area (Å²) in [7, 11) is 1.60. The van der Waals surface area contributed by atoms with Gasteiger partial charge >= 0.3 is 0 Å². The maximum atomic E-state index is 12.8. The lowest BCUT2D eigenvalue weighted by molar-refractivity contribution is -0.124. The average molecular weight is 360 g/mol. The van der Waals surface area contributed by atoms with E-state index in [2.05, 4.69) is 5.32 Å². The van der Waals surface area contributed by atoms with Crippen LogP contribution in [0.2, 0.25) is 0 Å². The molecule has 5 nitrogen and oxygen atoms in total. The number of benzene rings is 1. The van der Waals surface area contributed by atoms with E-state index in [1.54, 1.807) is 12.0 Å². The molecule has 1 aromatic carbocycles. The Morgan fingerprint density at radius 2 is 2.04 bits per heavy atom. The largest absolute Gasteiger partial charge is 0.493 e. The third kappa shape index (κ3) is 3.79. The number of nitrogens with one attached hydrogen (secondary N) is 1. The summed E-state index contributed by atoms with van der Waals surface area (Å²) < 4.78 is 10.9. The van der Waals surface area contributed by atoms with Crippen LogP contribution in [0.1, 0.15) is 44.6 Å². The van der Waals surface area contributed by atoms with E-state index in [1.807, 2.05) is 31.2 Å². The van der Waals surface area contributed by atoms with Gasteiger partial charge in [-0.2, -0.15) is 0 Å². The first-order chi connectivity index (χ1) is 12.1. The van der Waals surface area contributed by atoms with E-state index in [0.29, 0.717) is 28.9 Å². The minimum Gasteiger partial charge on any atom is -0.493 e. The summed E-state index contributed by atoms with van der Waals surface area (Å²) in [5.74, 6) is 1.30. The van der Waals surface area contributed by atoms with Gasteiger partial charge in [0, 0.05) is 6.04 Å². The van der Waals surface area contributed by atoms with Crippen molar-refractivity contribution in [1.82, 2.24) is 10.2 Å². The van der Waals surface area contributed by atoms with Crippen molar-refractivity contribution in [1.29, 1.82) is 0 Å². The molecule has 1 amide bonds. The Morgan fingerprint density at radius 3 is 2.72 bits per heavy atom. The van der Waals surface area contributed by atoms with E-state index in [4.69, 9.17) is 21.7 Å². The van der Waals surface area contributed by atoms with Gasteiger partial charge in [-0.25, -0.2) is 0 Å². The molecule has 1 N–H and O–H groups in total. The molecule has 6 heteroatoms. The van der Waals surface area contributed by atoms with Crippen LogP contribution >= 0.6 is 12.2 Å². The Kier molecular flexibility index (Phi) is 5.58. The van der Waals surface area contributed by atoms with Crippen LogP contribution in [0, 0.1) is 0 Å².